The fourth-order valence-corrected chi connectivity index (χ4v) is 3.01. The van der Waals surface area contributed by atoms with Crippen molar-refractivity contribution in [2.45, 2.75) is 24.7 Å². The Morgan fingerprint density at radius 3 is 2.86 bits per heavy atom. The smallest absolute Gasteiger partial charge is 0.313 e. The van der Waals surface area contributed by atoms with Crippen molar-refractivity contribution >= 4 is 44.7 Å². The molecule has 1 unspecified atom stereocenters. The van der Waals surface area contributed by atoms with Crippen molar-refractivity contribution in [3.05, 3.63) is 22.7 Å². The third kappa shape index (κ3) is 3.99. The van der Waals surface area contributed by atoms with Crippen LogP contribution >= 0.6 is 27.7 Å². The van der Waals surface area contributed by atoms with E-state index in [0.29, 0.717) is 6.04 Å². The standard InChI is InChI=1S/C14H18BrN3O2S/c1-9(17(2)3)7-18-12-6-10(15)4-5-11(12)16-14(18)21-8-13(19)20/h4-6,9H,7-8H2,1-3H3,(H,19,20). The largest absolute Gasteiger partial charge is 0.481 e. The third-order valence-corrected chi connectivity index (χ3v) is 4.78. The van der Waals surface area contributed by atoms with Gasteiger partial charge in [-0.25, -0.2) is 4.98 Å². The second-order valence-corrected chi connectivity index (χ2v) is 6.99. The van der Waals surface area contributed by atoms with E-state index in [0.717, 1.165) is 27.2 Å². The Balaban J connectivity index is 2.42. The van der Waals surface area contributed by atoms with Gasteiger partial charge < -0.3 is 14.6 Å². The number of nitrogens with zero attached hydrogens (tertiary/aromatic N) is 3. The van der Waals surface area contributed by atoms with E-state index in [1.165, 1.54) is 11.8 Å². The van der Waals surface area contributed by atoms with E-state index in [1.54, 1.807) is 0 Å². The van der Waals surface area contributed by atoms with Crippen LogP contribution in [0.1, 0.15) is 6.92 Å². The maximum Gasteiger partial charge on any atom is 0.313 e. The van der Waals surface area contributed by atoms with Crippen molar-refractivity contribution in [2.24, 2.45) is 0 Å². The van der Waals surface area contributed by atoms with E-state index in [-0.39, 0.29) is 5.75 Å². The molecule has 0 spiro atoms. The molecule has 1 N–H and O–H groups in total. The number of hydrogen-bond acceptors (Lipinski definition) is 4. The molecule has 0 saturated heterocycles. The zero-order chi connectivity index (χ0) is 15.6. The number of fused-ring (bicyclic) bond motifs is 1. The SMILES string of the molecule is CC(Cn1c(SCC(=O)O)nc2ccc(Br)cc21)N(C)C. The van der Waals surface area contributed by atoms with Gasteiger partial charge in [-0.05, 0) is 39.2 Å². The van der Waals surface area contributed by atoms with E-state index >= 15 is 0 Å². The minimum absolute atomic E-state index is 0.0147. The highest BCUT2D eigenvalue weighted by Gasteiger charge is 2.16. The third-order valence-electron chi connectivity index (χ3n) is 3.33. The van der Waals surface area contributed by atoms with Gasteiger partial charge in [-0.1, -0.05) is 27.7 Å². The van der Waals surface area contributed by atoms with Crippen LogP contribution in [0.3, 0.4) is 0 Å². The van der Waals surface area contributed by atoms with Crippen molar-refractivity contribution in [1.29, 1.82) is 0 Å². The molecule has 1 heterocycles. The first kappa shape index (κ1) is 16.3. The van der Waals surface area contributed by atoms with Crippen molar-refractivity contribution in [3.63, 3.8) is 0 Å². The number of carboxylic acids is 1. The minimum atomic E-state index is -0.833. The topological polar surface area (TPSA) is 58.4 Å². The van der Waals surface area contributed by atoms with Gasteiger partial charge in [0.2, 0.25) is 0 Å². The van der Waals surface area contributed by atoms with Crippen LogP contribution in [0.5, 0.6) is 0 Å². The summed E-state index contributed by atoms with van der Waals surface area (Å²) in [5.74, 6) is -0.818. The van der Waals surface area contributed by atoms with E-state index in [9.17, 15) is 4.79 Å². The first-order valence-corrected chi connectivity index (χ1v) is 8.33. The average Bonchev–Trinajstić information content (AvgIpc) is 2.74. The van der Waals surface area contributed by atoms with Crippen LogP contribution in [-0.4, -0.2) is 51.4 Å². The lowest BCUT2D eigenvalue weighted by Crippen LogP contribution is -2.29. The van der Waals surface area contributed by atoms with Crippen molar-refractivity contribution in [2.75, 3.05) is 19.8 Å². The van der Waals surface area contributed by atoms with Crippen LogP contribution in [0.25, 0.3) is 11.0 Å². The fourth-order valence-electron chi connectivity index (χ4n) is 1.91. The summed E-state index contributed by atoms with van der Waals surface area (Å²) in [5, 5.41) is 9.63. The molecule has 2 aromatic rings. The van der Waals surface area contributed by atoms with Gasteiger partial charge in [0.05, 0.1) is 16.8 Å². The van der Waals surface area contributed by atoms with Crippen molar-refractivity contribution < 1.29 is 9.90 Å². The number of thioether (sulfide) groups is 1. The zero-order valence-corrected chi connectivity index (χ0v) is 14.6. The summed E-state index contributed by atoms with van der Waals surface area (Å²) < 4.78 is 3.08. The number of carboxylic acid groups (broad SMARTS) is 1. The number of imidazole rings is 1. The molecule has 0 aliphatic carbocycles. The van der Waals surface area contributed by atoms with Gasteiger partial charge in [-0.2, -0.15) is 0 Å². The van der Waals surface area contributed by atoms with Crippen LogP contribution in [0.2, 0.25) is 0 Å². The lowest BCUT2D eigenvalue weighted by Gasteiger charge is -2.21. The van der Waals surface area contributed by atoms with Crippen molar-refractivity contribution in [1.82, 2.24) is 14.5 Å². The molecule has 5 nitrogen and oxygen atoms in total. The van der Waals surface area contributed by atoms with E-state index in [2.05, 4.69) is 37.3 Å². The second-order valence-electron chi connectivity index (χ2n) is 5.13. The Hall–Kier alpha value is -1.05. The number of likely N-dealkylation sites (N-methyl/N-ethyl adjacent to an activating group) is 1. The molecule has 0 saturated carbocycles. The van der Waals surface area contributed by atoms with Crippen molar-refractivity contribution in [3.8, 4) is 0 Å². The van der Waals surface area contributed by atoms with E-state index in [1.807, 2.05) is 32.3 Å². The quantitative estimate of drug-likeness (QED) is 0.791. The molecule has 0 aliphatic heterocycles. The molecule has 0 fully saturated rings. The van der Waals surface area contributed by atoms with Gasteiger partial charge in [-0.3, -0.25) is 4.79 Å². The Morgan fingerprint density at radius 1 is 1.52 bits per heavy atom. The molecule has 21 heavy (non-hydrogen) atoms. The zero-order valence-electron chi connectivity index (χ0n) is 12.2. The Bertz CT molecular complexity index is 657. The maximum atomic E-state index is 10.8. The highest BCUT2D eigenvalue weighted by molar-refractivity contribution is 9.10. The molecule has 0 amide bonds. The summed E-state index contributed by atoms with van der Waals surface area (Å²) in [6, 6.07) is 6.24. The number of carbonyl (C=O) groups is 1. The minimum Gasteiger partial charge on any atom is -0.481 e. The van der Waals surface area contributed by atoms with Crippen LogP contribution in [0.15, 0.2) is 27.8 Å². The molecule has 1 atom stereocenters. The molecular formula is C14H18BrN3O2S. The fraction of sp³-hybridized carbons (Fsp3) is 0.429. The molecule has 1 aromatic carbocycles. The van der Waals surface area contributed by atoms with Crippen LogP contribution in [0, 0.1) is 0 Å². The maximum absolute atomic E-state index is 10.8. The van der Waals surface area contributed by atoms with Gasteiger partial charge in [-0.15, -0.1) is 0 Å². The first-order chi connectivity index (χ1) is 9.88. The summed E-state index contributed by atoms with van der Waals surface area (Å²) in [6.07, 6.45) is 0. The molecule has 0 bridgehead atoms. The van der Waals surface area contributed by atoms with E-state index in [4.69, 9.17) is 5.11 Å². The summed E-state index contributed by atoms with van der Waals surface area (Å²) in [5.41, 5.74) is 1.91. The molecule has 0 aliphatic rings. The van der Waals surface area contributed by atoms with Gasteiger partial charge in [0.25, 0.3) is 0 Å². The first-order valence-electron chi connectivity index (χ1n) is 6.55. The number of halogens is 1. The van der Waals surface area contributed by atoms with Crippen LogP contribution in [-0.2, 0) is 11.3 Å². The summed E-state index contributed by atoms with van der Waals surface area (Å²) >= 11 is 4.74. The van der Waals surface area contributed by atoms with Gasteiger partial charge in [0, 0.05) is 17.1 Å². The highest BCUT2D eigenvalue weighted by atomic mass is 79.9. The molecule has 114 valence electrons. The van der Waals surface area contributed by atoms with E-state index < -0.39 is 5.97 Å². The molecular weight excluding hydrogens is 354 g/mol. The molecule has 2 rings (SSSR count). The van der Waals surface area contributed by atoms with Gasteiger partial charge >= 0.3 is 5.97 Å². The molecule has 1 aromatic heterocycles. The monoisotopic (exact) mass is 371 g/mol. The number of aromatic nitrogens is 2. The normalized spacial score (nSPS) is 13.0. The number of hydrogen-bond donors (Lipinski definition) is 1. The number of benzene rings is 1. The molecule has 0 radical (unpaired) electrons. The average molecular weight is 372 g/mol. The molecule has 7 heteroatoms. The van der Waals surface area contributed by atoms with Crippen LogP contribution in [0.4, 0.5) is 0 Å². The Morgan fingerprint density at radius 2 is 2.24 bits per heavy atom. The second kappa shape index (κ2) is 6.81. The summed E-state index contributed by atoms with van der Waals surface area (Å²) in [4.78, 5) is 17.5. The van der Waals surface area contributed by atoms with Gasteiger partial charge in [0.1, 0.15) is 0 Å². The number of aliphatic carboxylic acids is 1. The summed E-state index contributed by atoms with van der Waals surface area (Å²) in [6.45, 7) is 2.90. The lowest BCUT2D eigenvalue weighted by molar-refractivity contribution is -0.133. The summed E-state index contributed by atoms with van der Waals surface area (Å²) in [7, 11) is 4.06. The number of rotatable bonds is 6. The Kier molecular flexibility index (Phi) is 5.29. The van der Waals surface area contributed by atoms with Crippen LogP contribution < -0.4 is 0 Å². The highest BCUT2D eigenvalue weighted by Crippen LogP contribution is 2.27. The Labute approximate surface area is 136 Å². The predicted molar refractivity (Wildman–Crippen MR) is 88.9 cm³/mol. The van der Waals surface area contributed by atoms with Gasteiger partial charge in [0.15, 0.2) is 5.16 Å². The predicted octanol–water partition coefficient (Wildman–Crippen LogP) is 2.93. The lowest BCUT2D eigenvalue weighted by atomic mass is 10.3.